The first-order valence-electron chi connectivity index (χ1n) is 10.3. The highest BCUT2D eigenvalue weighted by molar-refractivity contribution is 5.99. The number of aromatic nitrogens is 2. The number of aromatic amines is 1. The second-order valence-electron chi connectivity index (χ2n) is 7.32. The van der Waals surface area contributed by atoms with Gasteiger partial charge in [0.15, 0.2) is 6.10 Å². The van der Waals surface area contributed by atoms with E-state index in [2.05, 4.69) is 15.3 Å². The summed E-state index contributed by atoms with van der Waals surface area (Å²) in [5.41, 5.74) is 3.14. The molecular weight excluding hydrogens is 422 g/mol. The number of ether oxygens (including phenoxy) is 3. The number of fused-ring (bicyclic) bond motifs is 1. The molecule has 0 bridgehead atoms. The van der Waals surface area contributed by atoms with Gasteiger partial charge in [0.05, 0.1) is 30.8 Å². The van der Waals surface area contributed by atoms with Crippen molar-refractivity contribution < 1.29 is 23.8 Å². The number of carbonyl (C=O) groups excluding carboxylic acids is 2. The number of esters is 1. The molecule has 1 unspecified atom stereocenters. The topological polar surface area (TPSA) is 103 Å². The van der Waals surface area contributed by atoms with Gasteiger partial charge in [-0.05, 0) is 25.1 Å². The highest BCUT2D eigenvalue weighted by Crippen LogP contribution is 2.26. The van der Waals surface area contributed by atoms with Crippen molar-refractivity contribution in [2.75, 3.05) is 19.5 Å². The number of hydrogen-bond acceptors (Lipinski definition) is 6. The van der Waals surface area contributed by atoms with Crippen molar-refractivity contribution in [1.29, 1.82) is 0 Å². The van der Waals surface area contributed by atoms with Crippen LogP contribution in [-0.4, -0.2) is 42.2 Å². The second kappa shape index (κ2) is 9.44. The molecule has 4 aromatic rings. The molecule has 2 N–H and O–H groups in total. The number of nitrogens with one attached hydrogen (secondary N) is 2. The molecule has 0 fully saturated rings. The number of amides is 1. The van der Waals surface area contributed by atoms with Gasteiger partial charge in [-0.2, -0.15) is 0 Å². The van der Waals surface area contributed by atoms with E-state index in [4.69, 9.17) is 14.2 Å². The molecule has 8 heteroatoms. The number of carbonyl (C=O) groups is 2. The Morgan fingerprint density at radius 1 is 0.939 bits per heavy atom. The maximum absolute atomic E-state index is 12.7. The van der Waals surface area contributed by atoms with E-state index in [0.717, 1.165) is 11.1 Å². The Hall–Kier alpha value is -4.33. The average Bonchev–Trinajstić information content (AvgIpc) is 3.27. The molecular formula is C25H23N3O5. The van der Waals surface area contributed by atoms with Crippen LogP contribution in [0.1, 0.15) is 17.3 Å². The SMILES string of the molecule is COc1cc(NC(=O)C(C)OC(=O)c2ccc3nc(-c4ccccc4)[nH]c3c2)cc(OC)c1. The number of imidazole rings is 1. The van der Waals surface area contributed by atoms with Crippen LogP contribution in [0, 0.1) is 0 Å². The van der Waals surface area contributed by atoms with Crippen LogP contribution in [0.5, 0.6) is 11.5 Å². The fourth-order valence-electron chi connectivity index (χ4n) is 3.27. The number of methoxy groups -OCH3 is 2. The molecule has 4 rings (SSSR count). The summed E-state index contributed by atoms with van der Waals surface area (Å²) < 4.78 is 15.8. The van der Waals surface area contributed by atoms with Crippen molar-refractivity contribution >= 4 is 28.6 Å². The summed E-state index contributed by atoms with van der Waals surface area (Å²) in [5.74, 6) is 0.665. The largest absolute Gasteiger partial charge is 0.497 e. The van der Waals surface area contributed by atoms with Crippen molar-refractivity contribution in [3.63, 3.8) is 0 Å². The van der Waals surface area contributed by atoms with Crippen LogP contribution in [0.25, 0.3) is 22.4 Å². The van der Waals surface area contributed by atoms with Crippen LogP contribution in [0.3, 0.4) is 0 Å². The molecule has 1 aromatic heterocycles. The number of hydrogen-bond donors (Lipinski definition) is 2. The van der Waals surface area contributed by atoms with Gasteiger partial charge in [0.2, 0.25) is 0 Å². The van der Waals surface area contributed by atoms with Gasteiger partial charge in [-0.1, -0.05) is 30.3 Å². The first kappa shape index (κ1) is 21.9. The molecule has 0 radical (unpaired) electrons. The minimum absolute atomic E-state index is 0.313. The molecule has 3 aromatic carbocycles. The summed E-state index contributed by atoms with van der Waals surface area (Å²) >= 11 is 0. The van der Waals surface area contributed by atoms with Crippen LogP contribution in [0.15, 0.2) is 66.7 Å². The van der Waals surface area contributed by atoms with E-state index in [1.165, 1.54) is 21.1 Å². The molecule has 1 atom stereocenters. The lowest BCUT2D eigenvalue weighted by Gasteiger charge is -2.15. The Morgan fingerprint density at radius 3 is 2.30 bits per heavy atom. The minimum Gasteiger partial charge on any atom is -0.497 e. The Balaban J connectivity index is 1.45. The summed E-state index contributed by atoms with van der Waals surface area (Å²) in [6, 6.07) is 19.7. The first-order valence-corrected chi connectivity index (χ1v) is 10.3. The lowest BCUT2D eigenvalue weighted by Crippen LogP contribution is -2.30. The Morgan fingerprint density at radius 2 is 1.64 bits per heavy atom. The molecule has 33 heavy (non-hydrogen) atoms. The van der Waals surface area contributed by atoms with Gasteiger partial charge in [-0.3, -0.25) is 4.79 Å². The molecule has 0 spiro atoms. The summed E-state index contributed by atoms with van der Waals surface area (Å²) in [6.45, 7) is 1.51. The molecule has 0 aliphatic heterocycles. The summed E-state index contributed by atoms with van der Waals surface area (Å²) in [5, 5.41) is 2.71. The first-order chi connectivity index (χ1) is 16.0. The highest BCUT2D eigenvalue weighted by atomic mass is 16.5. The average molecular weight is 445 g/mol. The van der Waals surface area contributed by atoms with Gasteiger partial charge in [0, 0.05) is 29.4 Å². The van der Waals surface area contributed by atoms with Gasteiger partial charge >= 0.3 is 5.97 Å². The van der Waals surface area contributed by atoms with E-state index in [-0.39, 0.29) is 0 Å². The molecule has 1 heterocycles. The third kappa shape index (κ3) is 4.95. The van der Waals surface area contributed by atoms with E-state index in [1.807, 2.05) is 30.3 Å². The highest BCUT2D eigenvalue weighted by Gasteiger charge is 2.20. The number of anilines is 1. The zero-order chi connectivity index (χ0) is 23.4. The van der Waals surface area contributed by atoms with Crippen molar-refractivity contribution in [1.82, 2.24) is 9.97 Å². The van der Waals surface area contributed by atoms with Crippen LogP contribution in [0.2, 0.25) is 0 Å². The fourth-order valence-corrected chi connectivity index (χ4v) is 3.27. The Kier molecular flexibility index (Phi) is 6.26. The van der Waals surface area contributed by atoms with Crippen LogP contribution >= 0.6 is 0 Å². The maximum Gasteiger partial charge on any atom is 0.338 e. The summed E-state index contributed by atoms with van der Waals surface area (Å²) in [4.78, 5) is 33.0. The lowest BCUT2D eigenvalue weighted by atomic mass is 10.2. The Labute approximate surface area is 190 Å². The predicted molar refractivity (Wildman–Crippen MR) is 125 cm³/mol. The molecule has 0 saturated carbocycles. The maximum atomic E-state index is 12.7. The normalized spacial score (nSPS) is 11.6. The summed E-state index contributed by atoms with van der Waals surface area (Å²) in [6.07, 6.45) is -1.02. The fraction of sp³-hybridized carbons (Fsp3) is 0.160. The molecule has 0 aliphatic rings. The molecule has 0 aliphatic carbocycles. The van der Waals surface area contributed by atoms with Crippen molar-refractivity contribution in [3.8, 4) is 22.9 Å². The number of benzene rings is 3. The monoisotopic (exact) mass is 445 g/mol. The molecule has 0 saturated heterocycles. The second-order valence-corrected chi connectivity index (χ2v) is 7.32. The zero-order valence-corrected chi connectivity index (χ0v) is 18.4. The standard InChI is InChI=1S/C25H23N3O5/c1-15(24(29)26-18-12-19(31-2)14-20(13-18)32-3)33-25(30)17-9-10-21-22(11-17)28-23(27-21)16-7-5-4-6-8-16/h4-15H,1-3H3,(H,26,29)(H,27,28). The van der Waals surface area contributed by atoms with E-state index in [1.54, 1.807) is 36.4 Å². The van der Waals surface area contributed by atoms with Crippen molar-refractivity contribution in [2.24, 2.45) is 0 Å². The number of H-pyrrole nitrogens is 1. The van der Waals surface area contributed by atoms with Crippen LogP contribution in [-0.2, 0) is 9.53 Å². The number of rotatable bonds is 7. The minimum atomic E-state index is -1.02. The smallest absolute Gasteiger partial charge is 0.338 e. The summed E-state index contributed by atoms with van der Waals surface area (Å²) in [7, 11) is 3.04. The van der Waals surface area contributed by atoms with E-state index in [9.17, 15) is 9.59 Å². The van der Waals surface area contributed by atoms with Crippen LogP contribution in [0.4, 0.5) is 5.69 Å². The van der Waals surface area contributed by atoms with Gasteiger partial charge in [-0.15, -0.1) is 0 Å². The molecule has 8 nitrogen and oxygen atoms in total. The third-order valence-corrected chi connectivity index (χ3v) is 5.04. The Bertz CT molecular complexity index is 1280. The van der Waals surface area contributed by atoms with Crippen molar-refractivity contribution in [3.05, 3.63) is 72.3 Å². The molecule has 1 amide bonds. The van der Waals surface area contributed by atoms with E-state index in [0.29, 0.717) is 34.1 Å². The van der Waals surface area contributed by atoms with Gasteiger partial charge in [-0.25, -0.2) is 9.78 Å². The van der Waals surface area contributed by atoms with Gasteiger partial charge < -0.3 is 24.5 Å². The zero-order valence-electron chi connectivity index (χ0n) is 18.4. The predicted octanol–water partition coefficient (Wildman–Crippen LogP) is 4.43. The van der Waals surface area contributed by atoms with Crippen LogP contribution < -0.4 is 14.8 Å². The quantitative estimate of drug-likeness (QED) is 0.408. The van der Waals surface area contributed by atoms with Gasteiger partial charge in [0.25, 0.3) is 5.91 Å². The van der Waals surface area contributed by atoms with E-state index < -0.39 is 18.0 Å². The molecule has 168 valence electrons. The van der Waals surface area contributed by atoms with Crippen molar-refractivity contribution in [2.45, 2.75) is 13.0 Å². The number of nitrogens with zero attached hydrogens (tertiary/aromatic N) is 1. The lowest BCUT2D eigenvalue weighted by molar-refractivity contribution is -0.123. The van der Waals surface area contributed by atoms with Gasteiger partial charge in [0.1, 0.15) is 17.3 Å². The van der Waals surface area contributed by atoms with E-state index >= 15 is 0 Å². The third-order valence-electron chi connectivity index (χ3n) is 5.04.